The van der Waals surface area contributed by atoms with Crippen molar-refractivity contribution < 1.29 is 0 Å². The van der Waals surface area contributed by atoms with Gasteiger partial charge in [-0.3, -0.25) is 9.55 Å². The maximum atomic E-state index is 4.73. The van der Waals surface area contributed by atoms with E-state index in [1.54, 1.807) is 18.7 Å². The van der Waals surface area contributed by atoms with Gasteiger partial charge in [0.25, 0.3) is 0 Å². The van der Waals surface area contributed by atoms with Crippen LogP contribution in [-0.2, 0) is 0 Å². The van der Waals surface area contributed by atoms with Crippen molar-refractivity contribution in [3.05, 3.63) is 78.9 Å². The number of rotatable bonds is 5. The highest BCUT2D eigenvalue weighted by Crippen LogP contribution is 2.22. The maximum absolute atomic E-state index is 4.73. The van der Waals surface area contributed by atoms with Gasteiger partial charge in [0.15, 0.2) is 5.82 Å². The van der Waals surface area contributed by atoms with E-state index in [-0.39, 0.29) is 6.04 Å². The first-order valence-corrected chi connectivity index (χ1v) is 8.41. The summed E-state index contributed by atoms with van der Waals surface area (Å²) in [5.41, 5.74) is 3.20. The number of hydrogen-bond acceptors (Lipinski definition) is 4. The third kappa shape index (κ3) is 3.08. The van der Waals surface area contributed by atoms with Crippen molar-refractivity contribution in [3.8, 4) is 5.82 Å². The molecule has 0 radical (unpaired) electrons. The molecule has 0 saturated heterocycles. The summed E-state index contributed by atoms with van der Waals surface area (Å²) >= 11 is 0. The molecule has 0 aliphatic rings. The Hall–Kier alpha value is -3.21. The van der Waals surface area contributed by atoms with Gasteiger partial charge in [-0.15, -0.1) is 0 Å². The molecular weight excluding hydrogens is 310 g/mol. The molecule has 0 bridgehead atoms. The lowest BCUT2D eigenvalue weighted by atomic mass is 10.1. The van der Waals surface area contributed by atoms with Crippen LogP contribution in [0.15, 0.2) is 73.3 Å². The minimum absolute atomic E-state index is 0.199. The van der Waals surface area contributed by atoms with Gasteiger partial charge in [-0.05, 0) is 24.1 Å². The van der Waals surface area contributed by atoms with E-state index in [9.17, 15) is 0 Å². The summed E-state index contributed by atoms with van der Waals surface area (Å²) in [6.07, 6.45) is 6.26. The second kappa shape index (κ2) is 6.73. The summed E-state index contributed by atoms with van der Waals surface area (Å²) in [4.78, 5) is 13.5. The van der Waals surface area contributed by atoms with Gasteiger partial charge in [0.2, 0.25) is 0 Å². The molecule has 0 spiro atoms. The number of aromatic nitrogens is 4. The predicted molar refractivity (Wildman–Crippen MR) is 99.8 cm³/mol. The zero-order valence-corrected chi connectivity index (χ0v) is 14.0. The van der Waals surface area contributed by atoms with Gasteiger partial charge < -0.3 is 5.32 Å². The van der Waals surface area contributed by atoms with E-state index < -0.39 is 0 Å². The van der Waals surface area contributed by atoms with Crippen molar-refractivity contribution in [2.75, 3.05) is 5.32 Å². The Kier molecular flexibility index (Phi) is 4.12. The van der Waals surface area contributed by atoms with Crippen LogP contribution in [-0.4, -0.2) is 19.5 Å². The number of nitrogens with zero attached hydrogens (tertiary/aromatic N) is 4. The Bertz CT molecular complexity index is 977. The maximum Gasteiger partial charge on any atom is 0.159 e. The molecule has 124 valence electrons. The Morgan fingerprint density at radius 1 is 1.00 bits per heavy atom. The zero-order valence-electron chi connectivity index (χ0n) is 14.0. The molecule has 2 aromatic heterocycles. The minimum atomic E-state index is 0.199. The number of hydrogen-bond donors (Lipinski definition) is 1. The van der Waals surface area contributed by atoms with E-state index in [4.69, 9.17) is 4.98 Å². The fraction of sp³-hybridized carbons (Fsp3) is 0.150. The highest BCUT2D eigenvalue weighted by atomic mass is 15.2. The van der Waals surface area contributed by atoms with Crippen molar-refractivity contribution in [1.29, 1.82) is 0 Å². The van der Waals surface area contributed by atoms with Gasteiger partial charge in [0.1, 0.15) is 12.1 Å². The smallest absolute Gasteiger partial charge is 0.159 e. The van der Waals surface area contributed by atoms with Gasteiger partial charge >= 0.3 is 0 Å². The molecule has 5 nitrogen and oxygen atoms in total. The van der Waals surface area contributed by atoms with Crippen LogP contribution in [0.25, 0.3) is 16.9 Å². The van der Waals surface area contributed by atoms with Crippen LogP contribution in [0.3, 0.4) is 0 Å². The number of nitrogens with one attached hydrogen (secondary N) is 1. The standard InChI is InChI=1S/C20H19N5/c1-2-16(15-8-4-3-5-9-15)23-19-12-21-13-20(24-19)25-14-22-17-10-6-7-11-18(17)25/h3-14,16H,2H2,1H3,(H,23,24)/t16-/m0/s1. The van der Waals surface area contributed by atoms with Gasteiger partial charge in [-0.25, -0.2) is 9.97 Å². The van der Waals surface area contributed by atoms with Crippen LogP contribution >= 0.6 is 0 Å². The first-order chi connectivity index (χ1) is 12.3. The number of para-hydroxylation sites is 2. The summed E-state index contributed by atoms with van der Waals surface area (Å²) in [5, 5.41) is 3.49. The van der Waals surface area contributed by atoms with Gasteiger partial charge in [0.05, 0.1) is 29.5 Å². The third-order valence-corrected chi connectivity index (χ3v) is 4.25. The molecule has 5 heteroatoms. The van der Waals surface area contributed by atoms with E-state index in [2.05, 4.69) is 46.5 Å². The van der Waals surface area contributed by atoms with Crippen molar-refractivity contribution in [2.24, 2.45) is 0 Å². The molecule has 1 atom stereocenters. The summed E-state index contributed by atoms with van der Waals surface area (Å²) in [6, 6.07) is 18.6. The largest absolute Gasteiger partial charge is 0.362 e. The molecule has 0 aliphatic heterocycles. The van der Waals surface area contributed by atoms with Crippen LogP contribution in [0, 0.1) is 0 Å². The summed E-state index contributed by atoms with van der Waals surface area (Å²) < 4.78 is 1.96. The fourth-order valence-electron chi connectivity index (χ4n) is 2.97. The second-order valence-corrected chi connectivity index (χ2v) is 5.88. The Balaban J connectivity index is 1.65. The zero-order chi connectivity index (χ0) is 17.1. The number of fused-ring (bicyclic) bond motifs is 1. The molecule has 0 unspecified atom stereocenters. The summed E-state index contributed by atoms with van der Waals surface area (Å²) in [5.74, 6) is 1.51. The molecule has 0 saturated carbocycles. The Morgan fingerprint density at radius 3 is 2.64 bits per heavy atom. The monoisotopic (exact) mass is 329 g/mol. The highest BCUT2D eigenvalue weighted by molar-refractivity contribution is 5.76. The normalized spacial score (nSPS) is 12.2. The Labute approximate surface area is 146 Å². The first kappa shape index (κ1) is 15.3. The third-order valence-electron chi connectivity index (χ3n) is 4.25. The molecule has 25 heavy (non-hydrogen) atoms. The molecule has 2 heterocycles. The minimum Gasteiger partial charge on any atom is -0.362 e. The van der Waals surface area contributed by atoms with E-state index >= 15 is 0 Å². The predicted octanol–water partition coefficient (Wildman–Crippen LogP) is 4.38. The van der Waals surface area contributed by atoms with Crippen molar-refractivity contribution >= 4 is 16.9 Å². The molecule has 0 aliphatic carbocycles. The van der Waals surface area contributed by atoms with Crippen LogP contribution in [0.2, 0.25) is 0 Å². The molecular formula is C20H19N5. The van der Waals surface area contributed by atoms with Gasteiger partial charge in [-0.1, -0.05) is 49.4 Å². The highest BCUT2D eigenvalue weighted by Gasteiger charge is 2.11. The van der Waals surface area contributed by atoms with Crippen molar-refractivity contribution in [3.63, 3.8) is 0 Å². The Morgan fingerprint density at radius 2 is 1.80 bits per heavy atom. The van der Waals surface area contributed by atoms with Crippen molar-refractivity contribution in [1.82, 2.24) is 19.5 Å². The molecule has 1 N–H and O–H groups in total. The summed E-state index contributed by atoms with van der Waals surface area (Å²) in [7, 11) is 0. The molecule has 0 amide bonds. The molecule has 4 aromatic rings. The molecule has 0 fully saturated rings. The average molecular weight is 329 g/mol. The average Bonchev–Trinajstić information content (AvgIpc) is 3.11. The number of anilines is 1. The molecule has 4 rings (SSSR count). The van der Waals surface area contributed by atoms with Crippen LogP contribution < -0.4 is 5.32 Å². The van der Waals surface area contributed by atoms with E-state index in [0.29, 0.717) is 0 Å². The van der Waals surface area contributed by atoms with Gasteiger partial charge in [0, 0.05) is 0 Å². The second-order valence-electron chi connectivity index (χ2n) is 5.88. The SMILES string of the molecule is CC[C@H](Nc1cncc(-n2cnc3ccccc32)n1)c1ccccc1. The fourth-order valence-corrected chi connectivity index (χ4v) is 2.97. The van der Waals surface area contributed by atoms with Crippen molar-refractivity contribution in [2.45, 2.75) is 19.4 Å². The number of benzene rings is 2. The quantitative estimate of drug-likeness (QED) is 0.590. The lowest BCUT2D eigenvalue weighted by molar-refractivity contribution is 0.742. The van der Waals surface area contributed by atoms with Crippen LogP contribution in [0.4, 0.5) is 5.82 Å². The topological polar surface area (TPSA) is 55.6 Å². The summed E-state index contributed by atoms with van der Waals surface area (Å²) in [6.45, 7) is 2.16. The van der Waals surface area contributed by atoms with Gasteiger partial charge in [-0.2, -0.15) is 0 Å². The van der Waals surface area contributed by atoms with Crippen LogP contribution in [0.1, 0.15) is 24.9 Å². The number of imidazole rings is 1. The molecule has 2 aromatic carbocycles. The van der Waals surface area contributed by atoms with E-state index in [1.807, 2.05) is 34.9 Å². The van der Waals surface area contributed by atoms with Crippen LogP contribution in [0.5, 0.6) is 0 Å². The lowest BCUT2D eigenvalue weighted by Crippen LogP contribution is -2.12. The first-order valence-electron chi connectivity index (χ1n) is 8.41. The van der Waals surface area contributed by atoms with E-state index in [1.165, 1.54) is 5.56 Å². The van der Waals surface area contributed by atoms with E-state index in [0.717, 1.165) is 29.1 Å². The lowest BCUT2D eigenvalue weighted by Gasteiger charge is -2.18.